The molecule has 1 fully saturated rings. The number of nitrogens with one attached hydrogen (secondary N) is 1. The molecule has 78 valence electrons. The van der Waals surface area contributed by atoms with Crippen LogP contribution in [-0.2, 0) is 6.54 Å². The lowest BCUT2D eigenvalue weighted by molar-refractivity contribution is 0.183. The molecule has 1 atom stereocenters. The lowest BCUT2D eigenvalue weighted by Crippen LogP contribution is -2.29. The molecule has 0 aromatic carbocycles. The summed E-state index contributed by atoms with van der Waals surface area (Å²) in [6, 6.07) is 2.58. The second kappa shape index (κ2) is 4.11. The van der Waals surface area contributed by atoms with Crippen molar-refractivity contribution in [2.75, 3.05) is 13.6 Å². The number of nitrogens with two attached hydrogens (primary N) is 1. The molecule has 1 saturated heterocycles. The molecule has 1 aliphatic heterocycles. The highest BCUT2D eigenvalue weighted by Gasteiger charge is 2.22. The van der Waals surface area contributed by atoms with E-state index in [-0.39, 0.29) is 0 Å². The molecule has 0 saturated carbocycles. The first kappa shape index (κ1) is 9.68. The fourth-order valence-corrected chi connectivity index (χ4v) is 2.10. The molecular weight excluding hydrogens is 176 g/mol. The molecule has 2 heterocycles. The summed E-state index contributed by atoms with van der Waals surface area (Å²) in [5.41, 5.74) is 7.72. The molecule has 1 aliphatic rings. The Balaban J connectivity index is 2.12. The van der Waals surface area contributed by atoms with E-state index in [0.29, 0.717) is 12.6 Å². The number of piperidine rings is 1. The van der Waals surface area contributed by atoms with Crippen LogP contribution in [0.5, 0.6) is 0 Å². The number of H-pyrrole nitrogens is 1. The van der Waals surface area contributed by atoms with Crippen LogP contribution in [0.25, 0.3) is 0 Å². The molecule has 2 rings (SSSR count). The smallest absolute Gasteiger partial charge is 0.0796 e. The molecule has 1 aromatic heterocycles. The fraction of sp³-hybridized carbons (Fsp3) is 0.700. The lowest BCUT2D eigenvalue weighted by Gasteiger charge is -2.30. The van der Waals surface area contributed by atoms with Crippen molar-refractivity contribution < 1.29 is 0 Å². The first-order valence-corrected chi connectivity index (χ1v) is 5.25. The van der Waals surface area contributed by atoms with Crippen molar-refractivity contribution in [2.24, 2.45) is 5.73 Å². The number of rotatable bonds is 2. The van der Waals surface area contributed by atoms with Crippen molar-refractivity contribution in [3.05, 3.63) is 17.5 Å². The summed E-state index contributed by atoms with van der Waals surface area (Å²) in [5.74, 6) is 0. The number of aromatic nitrogens is 2. The Morgan fingerprint density at radius 3 is 3.14 bits per heavy atom. The highest BCUT2D eigenvalue weighted by atomic mass is 15.2. The summed E-state index contributed by atoms with van der Waals surface area (Å²) in [7, 11) is 2.17. The highest BCUT2D eigenvalue weighted by molar-refractivity contribution is 5.13. The lowest BCUT2D eigenvalue weighted by atomic mass is 10.00. The normalized spacial score (nSPS) is 24.0. The van der Waals surface area contributed by atoms with E-state index in [9.17, 15) is 0 Å². The van der Waals surface area contributed by atoms with Gasteiger partial charge in [-0.1, -0.05) is 6.42 Å². The topological polar surface area (TPSA) is 57.9 Å². The molecule has 0 bridgehead atoms. The third-order valence-corrected chi connectivity index (χ3v) is 2.98. The first-order valence-electron chi connectivity index (χ1n) is 5.25. The van der Waals surface area contributed by atoms with Gasteiger partial charge in [0.15, 0.2) is 0 Å². The largest absolute Gasteiger partial charge is 0.325 e. The molecule has 0 spiro atoms. The highest BCUT2D eigenvalue weighted by Crippen LogP contribution is 2.28. The monoisotopic (exact) mass is 194 g/mol. The van der Waals surface area contributed by atoms with Gasteiger partial charge in [0, 0.05) is 12.2 Å². The Morgan fingerprint density at radius 2 is 2.50 bits per heavy atom. The second-order valence-corrected chi connectivity index (χ2v) is 4.01. The van der Waals surface area contributed by atoms with Crippen LogP contribution in [0.3, 0.4) is 0 Å². The van der Waals surface area contributed by atoms with Crippen LogP contribution < -0.4 is 5.73 Å². The maximum Gasteiger partial charge on any atom is 0.0796 e. The summed E-state index contributed by atoms with van der Waals surface area (Å²) >= 11 is 0. The fourth-order valence-electron chi connectivity index (χ4n) is 2.10. The average Bonchev–Trinajstić information content (AvgIpc) is 2.67. The summed E-state index contributed by atoms with van der Waals surface area (Å²) in [6.45, 7) is 1.72. The minimum Gasteiger partial charge on any atom is -0.325 e. The van der Waals surface area contributed by atoms with Gasteiger partial charge in [-0.2, -0.15) is 5.10 Å². The number of nitrogens with zero attached hydrogens (tertiary/aromatic N) is 2. The van der Waals surface area contributed by atoms with Crippen molar-refractivity contribution in [2.45, 2.75) is 31.8 Å². The van der Waals surface area contributed by atoms with Gasteiger partial charge >= 0.3 is 0 Å². The quantitative estimate of drug-likeness (QED) is 0.739. The van der Waals surface area contributed by atoms with Crippen LogP contribution in [-0.4, -0.2) is 28.7 Å². The molecule has 14 heavy (non-hydrogen) atoms. The Kier molecular flexibility index (Phi) is 2.84. The van der Waals surface area contributed by atoms with Crippen molar-refractivity contribution in [1.82, 2.24) is 15.1 Å². The Labute approximate surface area is 84.5 Å². The maximum atomic E-state index is 5.54. The van der Waals surface area contributed by atoms with E-state index in [1.165, 1.54) is 25.8 Å². The van der Waals surface area contributed by atoms with Gasteiger partial charge in [-0.05, 0) is 32.5 Å². The Hall–Kier alpha value is -0.870. The summed E-state index contributed by atoms with van der Waals surface area (Å²) in [6.07, 6.45) is 3.83. The Morgan fingerprint density at radius 1 is 1.64 bits per heavy atom. The molecule has 3 N–H and O–H groups in total. The SMILES string of the molecule is CN1CCCCC1c1cc(CN)[nH]n1. The number of hydrogen-bond donors (Lipinski definition) is 2. The zero-order valence-corrected chi connectivity index (χ0v) is 8.66. The van der Waals surface area contributed by atoms with Crippen LogP contribution in [0.2, 0.25) is 0 Å². The third-order valence-electron chi connectivity index (χ3n) is 2.98. The van der Waals surface area contributed by atoms with Crippen LogP contribution in [0.1, 0.15) is 36.7 Å². The van der Waals surface area contributed by atoms with Gasteiger partial charge in [0.05, 0.1) is 11.7 Å². The molecule has 0 radical (unpaired) electrons. The number of hydrogen-bond acceptors (Lipinski definition) is 3. The van der Waals surface area contributed by atoms with Gasteiger partial charge < -0.3 is 5.73 Å². The first-order chi connectivity index (χ1) is 6.81. The van der Waals surface area contributed by atoms with Gasteiger partial charge in [-0.3, -0.25) is 10.00 Å². The summed E-state index contributed by atoms with van der Waals surface area (Å²) < 4.78 is 0. The second-order valence-electron chi connectivity index (χ2n) is 4.01. The number of likely N-dealkylation sites (tertiary alicyclic amines) is 1. The molecule has 0 aliphatic carbocycles. The predicted molar refractivity (Wildman–Crippen MR) is 55.7 cm³/mol. The van der Waals surface area contributed by atoms with Crippen LogP contribution in [0.15, 0.2) is 6.07 Å². The van der Waals surface area contributed by atoms with Crippen LogP contribution in [0, 0.1) is 0 Å². The molecule has 0 amide bonds. The zero-order valence-electron chi connectivity index (χ0n) is 8.66. The molecule has 4 heteroatoms. The zero-order chi connectivity index (χ0) is 9.97. The third kappa shape index (κ3) is 1.81. The number of aromatic amines is 1. The molecule has 4 nitrogen and oxygen atoms in total. The minimum atomic E-state index is 0.486. The van der Waals surface area contributed by atoms with E-state index in [2.05, 4.69) is 28.2 Å². The van der Waals surface area contributed by atoms with Gasteiger partial charge in [-0.15, -0.1) is 0 Å². The van der Waals surface area contributed by atoms with E-state index in [0.717, 1.165) is 11.4 Å². The maximum absolute atomic E-state index is 5.54. The van der Waals surface area contributed by atoms with Crippen molar-refractivity contribution >= 4 is 0 Å². The summed E-state index contributed by atoms with van der Waals surface area (Å²) in [4.78, 5) is 2.37. The molecular formula is C10H18N4. The average molecular weight is 194 g/mol. The van der Waals surface area contributed by atoms with E-state index in [1.54, 1.807) is 0 Å². The van der Waals surface area contributed by atoms with E-state index < -0.39 is 0 Å². The van der Waals surface area contributed by atoms with E-state index >= 15 is 0 Å². The van der Waals surface area contributed by atoms with Crippen LogP contribution in [0.4, 0.5) is 0 Å². The van der Waals surface area contributed by atoms with E-state index in [4.69, 9.17) is 5.73 Å². The van der Waals surface area contributed by atoms with Crippen molar-refractivity contribution in [1.29, 1.82) is 0 Å². The molecule has 1 aromatic rings. The van der Waals surface area contributed by atoms with Gasteiger partial charge in [-0.25, -0.2) is 0 Å². The van der Waals surface area contributed by atoms with Gasteiger partial charge in [0.2, 0.25) is 0 Å². The van der Waals surface area contributed by atoms with E-state index in [1.807, 2.05) is 0 Å². The van der Waals surface area contributed by atoms with Crippen molar-refractivity contribution in [3.8, 4) is 0 Å². The van der Waals surface area contributed by atoms with Crippen LogP contribution >= 0.6 is 0 Å². The predicted octanol–water partition coefficient (Wildman–Crippen LogP) is 1.03. The summed E-state index contributed by atoms with van der Waals surface area (Å²) in [5, 5.41) is 7.29. The van der Waals surface area contributed by atoms with Gasteiger partial charge in [0.1, 0.15) is 0 Å². The Bertz CT molecular complexity index is 294. The molecule has 1 unspecified atom stereocenters. The van der Waals surface area contributed by atoms with Gasteiger partial charge in [0.25, 0.3) is 0 Å². The minimum absolute atomic E-state index is 0.486. The standard InChI is InChI=1S/C10H18N4/c1-14-5-3-2-4-10(14)9-6-8(7-11)12-13-9/h6,10H,2-5,7,11H2,1H3,(H,12,13). The van der Waals surface area contributed by atoms with Crippen molar-refractivity contribution in [3.63, 3.8) is 0 Å².